The summed E-state index contributed by atoms with van der Waals surface area (Å²) in [5, 5.41) is 17.0. The lowest BCUT2D eigenvalue weighted by molar-refractivity contribution is -0.155. The van der Waals surface area contributed by atoms with Gasteiger partial charge in [-0.1, -0.05) is 38.8 Å². The van der Waals surface area contributed by atoms with Crippen LogP contribution in [-0.2, 0) is 57.6 Å². The number of benzene rings is 2. The minimum Gasteiger partial charge on any atom is -0.508 e. The van der Waals surface area contributed by atoms with Crippen molar-refractivity contribution in [2.24, 2.45) is 17.3 Å². The molecule has 3 N–H and O–H groups in total. The summed E-state index contributed by atoms with van der Waals surface area (Å²) >= 11 is 0. The second-order valence-electron chi connectivity index (χ2n) is 22.6. The highest BCUT2D eigenvalue weighted by atomic mass is 16.5. The molecule has 17 nitrogen and oxygen atoms in total. The van der Waals surface area contributed by atoms with Gasteiger partial charge in [0.2, 0.25) is 17.7 Å². The van der Waals surface area contributed by atoms with Crippen molar-refractivity contribution in [3.63, 3.8) is 0 Å². The summed E-state index contributed by atoms with van der Waals surface area (Å²) in [4.78, 5) is 82.3. The molecule has 4 aromatic rings. The van der Waals surface area contributed by atoms with Gasteiger partial charge in [0.1, 0.15) is 29.9 Å². The van der Waals surface area contributed by atoms with E-state index in [1.807, 2.05) is 25.1 Å². The van der Waals surface area contributed by atoms with Gasteiger partial charge in [-0.15, -0.1) is 0 Å². The molecule has 5 heterocycles. The van der Waals surface area contributed by atoms with E-state index in [2.05, 4.69) is 59.2 Å². The Balaban J connectivity index is 1.05. The van der Waals surface area contributed by atoms with Crippen molar-refractivity contribution in [1.82, 2.24) is 40.0 Å². The summed E-state index contributed by atoms with van der Waals surface area (Å²) in [5.74, 6) is -1.56. The number of pyridine rings is 1. The number of hydrazine groups is 1. The van der Waals surface area contributed by atoms with Gasteiger partial charge in [0, 0.05) is 95.1 Å². The monoisotopic (exact) mass is 1030 g/mol. The zero-order chi connectivity index (χ0) is 53.3. The number of methoxy groups -OCH3 is 2. The summed E-state index contributed by atoms with van der Waals surface area (Å²) in [6.07, 6.45) is 9.24. The van der Waals surface area contributed by atoms with Crippen molar-refractivity contribution in [2.75, 3.05) is 61.2 Å². The maximum atomic E-state index is 15.0. The van der Waals surface area contributed by atoms with Crippen molar-refractivity contribution in [2.45, 2.75) is 141 Å². The molecule has 2 saturated heterocycles. The van der Waals surface area contributed by atoms with E-state index in [1.54, 1.807) is 46.6 Å². The Bertz CT molecular complexity index is 2770. The predicted molar refractivity (Wildman–Crippen MR) is 285 cm³/mol. The number of cyclic esters (lactones) is 1. The Kier molecular flexibility index (Phi) is 16.4. The van der Waals surface area contributed by atoms with Gasteiger partial charge < -0.3 is 39.0 Å². The molecule has 6 bridgehead atoms. The summed E-state index contributed by atoms with van der Waals surface area (Å²) in [6.45, 7) is 10.5. The number of fused-ring (bicyclic) bond motifs is 6. The summed E-state index contributed by atoms with van der Waals surface area (Å²) in [7, 11) is 6.63. The topological polar surface area (TPSA) is 188 Å². The molecule has 2 saturated carbocycles. The molecule has 2 aromatic carbocycles. The molecule has 17 heteroatoms. The molecule has 0 spiro atoms. The van der Waals surface area contributed by atoms with E-state index in [0.717, 1.165) is 96.0 Å². The lowest BCUT2D eigenvalue weighted by Gasteiger charge is -2.37. The van der Waals surface area contributed by atoms with Crippen molar-refractivity contribution >= 4 is 40.5 Å². The molecule has 2 aliphatic carbocycles. The predicted octanol–water partition coefficient (Wildman–Crippen LogP) is 6.43. The van der Waals surface area contributed by atoms with Gasteiger partial charge >= 0.3 is 5.97 Å². The van der Waals surface area contributed by atoms with Gasteiger partial charge in [0.15, 0.2) is 0 Å². The normalized spacial score (nSPS) is 23.8. The molecule has 3 aliphatic heterocycles. The maximum absolute atomic E-state index is 15.0. The van der Waals surface area contributed by atoms with Crippen molar-refractivity contribution in [3.05, 3.63) is 71.5 Å². The molecular formula is C58H78N8O9. The first-order valence-electron chi connectivity index (χ1n) is 27.3. The molecule has 4 amide bonds. The maximum Gasteiger partial charge on any atom is 0.324 e. The van der Waals surface area contributed by atoms with Gasteiger partial charge in [0.05, 0.1) is 30.6 Å². The summed E-state index contributed by atoms with van der Waals surface area (Å²) in [6, 6.07) is 12.6. The largest absolute Gasteiger partial charge is 0.508 e. The van der Waals surface area contributed by atoms with Crippen LogP contribution in [0.4, 0.5) is 0 Å². The first-order chi connectivity index (χ1) is 36.0. The molecular weight excluding hydrogens is 953 g/mol. The molecule has 2 unspecified atom stereocenters. The van der Waals surface area contributed by atoms with Gasteiger partial charge in [-0.3, -0.25) is 38.9 Å². The zero-order valence-electron chi connectivity index (χ0n) is 45.2. The van der Waals surface area contributed by atoms with E-state index in [1.165, 1.54) is 14.8 Å². The van der Waals surface area contributed by atoms with Gasteiger partial charge in [-0.05, 0) is 136 Å². The lowest BCUT2D eigenvalue weighted by Crippen LogP contribution is -2.62. The quantitative estimate of drug-likeness (QED) is 0.0636. The number of likely N-dealkylation sites (N-methyl/N-ethyl adjacent to an activating group) is 2. The van der Waals surface area contributed by atoms with Crippen LogP contribution < -0.4 is 10.7 Å². The zero-order valence-corrected chi connectivity index (χ0v) is 45.2. The number of rotatable bonds is 16. The van der Waals surface area contributed by atoms with Crippen LogP contribution in [0.15, 0.2) is 54.7 Å². The smallest absolute Gasteiger partial charge is 0.324 e. The van der Waals surface area contributed by atoms with E-state index in [4.69, 9.17) is 19.2 Å². The minimum absolute atomic E-state index is 0.00395. The number of hydrogen-bond acceptors (Lipinski definition) is 12. The van der Waals surface area contributed by atoms with Crippen LogP contribution in [0.5, 0.6) is 5.75 Å². The first-order valence-corrected chi connectivity index (χ1v) is 27.3. The third-order valence-electron chi connectivity index (χ3n) is 16.5. The fraction of sp³-hybridized carbons (Fsp3) is 0.586. The van der Waals surface area contributed by atoms with E-state index in [-0.39, 0.29) is 67.8 Å². The van der Waals surface area contributed by atoms with E-state index < -0.39 is 41.3 Å². The van der Waals surface area contributed by atoms with E-state index >= 15 is 4.79 Å². The Labute approximate surface area is 441 Å². The van der Waals surface area contributed by atoms with Crippen LogP contribution in [0.3, 0.4) is 0 Å². The number of nitrogens with one attached hydrogen (secondary N) is 2. The molecule has 9 rings (SSSR count). The number of ether oxygens (including phenoxy) is 3. The van der Waals surface area contributed by atoms with Crippen LogP contribution in [-0.4, -0.2) is 155 Å². The molecule has 404 valence electrons. The number of phenols is 1. The Hall–Kier alpha value is -5.88. The highest BCUT2D eigenvalue weighted by Gasteiger charge is 2.59. The molecule has 2 aromatic heterocycles. The van der Waals surface area contributed by atoms with Crippen LogP contribution in [0.1, 0.15) is 108 Å². The van der Waals surface area contributed by atoms with Crippen molar-refractivity contribution < 1.29 is 43.3 Å². The standard InChI is InChI=1S/C58H78N8O9/c1-9-64-47-22-21-39-31-43(47)44(52(64)42-17-12-23-59-49(42)35(2)74-8)32-58(3,4)34-75-57(72)45-18-13-25-66(61-45)55(70)46(29-36-27-40(39)30-41(67)28-36)60-54(69)51(37-15-10-11-16-37)63(6)48(68)33-62(5)56(71)53-50(38-19-20-38)65(53)24-14-26-73-7/h12,17,21-23,27-28,30-31,35,37-38,45-46,50-51,53,61,67H,9-11,13-16,18-20,24-26,29,32-34H2,1-8H3,(H,60,69)/t35-,45-,46-,50+,51?,53+,65?/m0/s1. The molecule has 0 radical (unpaired) electrons. The number of esters is 1. The second kappa shape index (κ2) is 22.8. The number of nitrogens with zero attached hydrogens (tertiary/aromatic N) is 6. The second-order valence-corrected chi connectivity index (χ2v) is 22.6. The van der Waals surface area contributed by atoms with E-state index in [9.17, 15) is 24.3 Å². The first kappa shape index (κ1) is 53.9. The van der Waals surface area contributed by atoms with Crippen LogP contribution in [0.2, 0.25) is 0 Å². The number of carbonyl (C=O) groups excluding carboxylic acids is 5. The van der Waals surface area contributed by atoms with Crippen LogP contribution >= 0.6 is 0 Å². The Morgan fingerprint density at radius 3 is 2.49 bits per heavy atom. The number of aryl methyl sites for hydroxylation is 1. The highest BCUT2D eigenvalue weighted by Crippen LogP contribution is 2.48. The SMILES string of the molecule is CCn1c(-c2cccnc2[C@H](C)OC)c2c3cc(ccc31)-c1cc(O)cc(c1)C[C@H](NC(=O)C(C1CCCC1)N(C)C(=O)CN(C)C(=O)[C@H]1[C@@H](C3CC3)N1CCCOC)C(=O)N1CCC[C@H](N1)C(=O)OCC(C)(C)C2. The lowest BCUT2D eigenvalue weighted by atomic mass is 9.84. The van der Waals surface area contributed by atoms with Crippen LogP contribution in [0, 0.1) is 17.3 Å². The Morgan fingerprint density at radius 1 is 1.00 bits per heavy atom. The molecule has 4 fully saturated rings. The van der Waals surface area contributed by atoms with E-state index in [0.29, 0.717) is 43.9 Å². The number of amides is 4. The summed E-state index contributed by atoms with van der Waals surface area (Å²) < 4.78 is 19.6. The highest BCUT2D eigenvalue weighted by molar-refractivity contribution is 5.96. The average molecular weight is 1030 g/mol. The van der Waals surface area contributed by atoms with Gasteiger partial charge in [-0.25, -0.2) is 5.43 Å². The molecule has 7 atom stereocenters. The third-order valence-corrected chi connectivity index (χ3v) is 16.5. The van der Waals surface area contributed by atoms with Crippen LogP contribution in [0.25, 0.3) is 33.3 Å². The van der Waals surface area contributed by atoms with Gasteiger partial charge in [-0.2, -0.15) is 0 Å². The summed E-state index contributed by atoms with van der Waals surface area (Å²) in [5.41, 5.74) is 9.62. The van der Waals surface area contributed by atoms with Gasteiger partial charge in [0.25, 0.3) is 5.91 Å². The molecule has 5 aliphatic rings. The number of aromatic hydroxyl groups is 1. The fourth-order valence-corrected chi connectivity index (χ4v) is 12.3. The minimum atomic E-state index is -1.17. The fourth-order valence-electron chi connectivity index (χ4n) is 12.3. The third kappa shape index (κ3) is 11.6. The number of hydrogen-bond donors (Lipinski definition) is 3. The number of aromatic nitrogens is 2. The number of phenolic OH excluding ortho intramolecular Hbond substituents is 1. The Morgan fingerprint density at radius 2 is 1.77 bits per heavy atom. The number of carbonyl (C=O) groups is 5. The average Bonchev–Trinajstić information content (AvgIpc) is 4.30. The molecule has 75 heavy (non-hydrogen) atoms. The van der Waals surface area contributed by atoms with Crippen molar-refractivity contribution in [3.8, 4) is 28.1 Å². The van der Waals surface area contributed by atoms with Crippen molar-refractivity contribution in [1.29, 1.82) is 0 Å².